The first-order valence-electron chi connectivity index (χ1n) is 13.1. The molecular formula is C30H34N4O2. The Morgan fingerprint density at radius 1 is 1.06 bits per heavy atom. The molecular weight excluding hydrogens is 448 g/mol. The first kappa shape index (κ1) is 24.0. The van der Waals surface area contributed by atoms with E-state index in [-0.39, 0.29) is 23.8 Å². The number of aromatic amines is 1. The van der Waals surface area contributed by atoms with E-state index in [2.05, 4.69) is 21.7 Å². The largest absolute Gasteiger partial charge is 0.349 e. The molecule has 2 saturated carbocycles. The van der Waals surface area contributed by atoms with Crippen molar-refractivity contribution in [1.29, 1.82) is 0 Å². The molecule has 6 nitrogen and oxygen atoms in total. The van der Waals surface area contributed by atoms with Gasteiger partial charge in [-0.05, 0) is 81.0 Å². The van der Waals surface area contributed by atoms with Gasteiger partial charge in [-0.15, -0.1) is 0 Å². The molecule has 36 heavy (non-hydrogen) atoms. The zero-order valence-corrected chi connectivity index (χ0v) is 20.8. The molecule has 0 aliphatic heterocycles. The first-order chi connectivity index (χ1) is 17.6. The lowest BCUT2D eigenvalue weighted by molar-refractivity contribution is -0.117. The molecule has 1 heterocycles. The molecule has 2 unspecified atom stereocenters. The maximum absolute atomic E-state index is 12.7. The van der Waals surface area contributed by atoms with Crippen molar-refractivity contribution in [3.05, 3.63) is 72.3 Å². The lowest BCUT2D eigenvalue weighted by Gasteiger charge is -2.22. The molecule has 0 radical (unpaired) electrons. The molecule has 2 aliphatic carbocycles. The van der Waals surface area contributed by atoms with Gasteiger partial charge in [0.25, 0.3) is 5.91 Å². The van der Waals surface area contributed by atoms with Crippen LogP contribution in [0.25, 0.3) is 22.4 Å². The van der Waals surface area contributed by atoms with E-state index in [1.807, 2.05) is 67.6 Å². The number of hydrogen-bond donors (Lipinski definition) is 3. The van der Waals surface area contributed by atoms with Gasteiger partial charge in [0, 0.05) is 28.8 Å². The van der Waals surface area contributed by atoms with Crippen molar-refractivity contribution in [3.8, 4) is 11.4 Å². The summed E-state index contributed by atoms with van der Waals surface area (Å²) in [5.74, 6) is 1.35. The van der Waals surface area contributed by atoms with Crippen LogP contribution in [0.15, 0.2) is 66.8 Å². The van der Waals surface area contributed by atoms with Crippen LogP contribution in [0.1, 0.15) is 62.2 Å². The van der Waals surface area contributed by atoms with Crippen LogP contribution in [0.3, 0.4) is 0 Å². The molecule has 1 aromatic heterocycles. The summed E-state index contributed by atoms with van der Waals surface area (Å²) in [4.78, 5) is 33.3. The van der Waals surface area contributed by atoms with Gasteiger partial charge in [-0.1, -0.05) is 43.6 Å². The smallest absolute Gasteiger partial charge is 0.251 e. The minimum atomic E-state index is -0.0215. The van der Waals surface area contributed by atoms with Crippen molar-refractivity contribution < 1.29 is 9.59 Å². The predicted molar refractivity (Wildman–Crippen MR) is 145 cm³/mol. The van der Waals surface area contributed by atoms with Crippen LogP contribution >= 0.6 is 0 Å². The number of fused-ring (bicyclic) bond motifs is 1. The molecule has 0 bridgehead atoms. The van der Waals surface area contributed by atoms with Gasteiger partial charge in [0.2, 0.25) is 5.91 Å². The van der Waals surface area contributed by atoms with Crippen LogP contribution in [-0.4, -0.2) is 27.8 Å². The molecule has 5 rings (SSSR count). The average molecular weight is 483 g/mol. The van der Waals surface area contributed by atoms with Crippen molar-refractivity contribution in [2.75, 3.05) is 5.32 Å². The van der Waals surface area contributed by atoms with Crippen molar-refractivity contribution >= 4 is 28.5 Å². The number of carbonyl (C=O) groups excluding carboxylic acids is 2. The fourth-order valence-corrected chi connectivity index (χ4v) is 5.02. The normalized spacial score (nSPS) is 20.2. The van der Waals surface area contributed by atoms with Crippen molar-refractivity contribution in [2.24, 2.45) is 11.8 Å². The summed E-state index contributed by atoms with van der Waals surface area (Å²) in [6, 6.07) is 13.6. The Labute approximate surface area is 212 Å². The summed E-state index contributed by atoms with van der Waals surface area (Å²) in [6.45, 7) is 1.99. The maximum atomic E-state index is 12.7. The molecule has 2 amide bonds. The van der Waals surface area contributed by atoms with E-state index in [0.717, 1.165) is 53.8 Å². The van der Waals surface area contributed by atoms with Gasteiger partial charge in [-0.25, -0.2) is 4.98 Å². The number of nitrogens with one attached hydrogen (secondary N) is 3. The Hall–Kier alpha value is -3.67. The second kappa shape index (κ2) is 10.9. The van der Waals surface area contributed by atoms with E-state index in [4.69, 9.17) is 4.98 Å². The van der Waals surface area contributed by atoms with Gasteiger partial charge in [0.05, 0.1) is 11.0 Å². The second-order valence-electron chi connectivity index (χ2n) is 9.98. The zero-order valence-electron chi connectivity index (χ0n) is 20.8. The van der Waals surface area contributed by atoms with Gasteiger partial charge in [0.15, 0.2) is 0 Å². The van der Waals surface area contributed by atoms with Crippen LogP contribution in [0.5, 0.6) is 0 Å². The van der Waals surface area contributed by atoms with E-state index in [1.165, 1.54) is 19.3 Å². The number of rotatable bonds is 8. The number of hydrogen-bond acceptors (Lipinski definition) is 3. The topological polar surface area (TPSA) is 86.9 Å². The maximum Gasteiger partial charge on any atom is 0.251 e. The highest BCUT2D eigenvalue weighted by Crippen LogP contribution is 2.42. The van der Waals surface area contributed by atoms with E-state index in [0.29, 0.717) is 11.5 Å². The number of imidazole rings is 1. The number of aromatic nitrogens is 2. The lowest BCUT2D eigenvalue weighted by Crippen LogP contribution is -2.36. The Morgan fingerprint density at radius 2 is 1.86 bits per heavy atom. The highest BCUT2D eigenvalue weighted by molar-refractivity contribution is 5.98. The fraction of sp³-hybridized carbons (Fsp3) is 0.367. The predicted octanol–water partition coefficient (Wildman–Crippen LogP) is 6.39. The molecule has 3 N–H and O–H groups in total. The molecule has 186 valence electrons. The highest BCUT2D eigenvalue weighted by atomic mass is 16.2. The van der Waals surface area contributed by atoms with Crippen LogP contribution in [-0.2, 0) is 4.79 Å². The standard InChI is InChI=1S/C30H34N4O2/c1-2-3-4-6-9-21-18-25(21)30(36)32-24-15-12-20(13-16-24)28-33-26-17-14-22(19-27(26)34-28)29(35)31-23-10-7-5-8-11-23/h2-4,6,12-17,19,21,23,25H,5,7-11,18H2,1H3,(H,31,35)(H,32,36)(H,33,34)/b3-2-,6-4-. The summed E-state index contributed by atoms with van der Waals surface area (Å²) < 4.78 is 0. The Morgan fingerprint density at radius 3 is 2.64 bits per heavy atom. The fourth-order valence-electron chi connectivity index (χ4n) is 5.02. The van der Waals surface area contributed by atoms with Crippen LogP contribution in [0, 0.1) is 11.8 Å². The molecule has 6 heteroatoms. The van der Waals surface area contributed by atoms with Crippen molar-refractivity contribution in [2.45, 2.75) is 57.9 Å². The Balaban J connectivity index is 1.19. The Kier molecular flexibility index (Phi) is 7.31. The third kappa shape index (κ3) is 5.76. The molecule has 2 fully saturated rings. The number of amides is 2. The summed E-state index contributed by atoms with van der Waals surface area (Å²) in [5.41, 5.74) is 4.02. The number of H-pyrrole nitrogens is 1. The lowest BCUT2D eigenvalue weighted by atomic mass is 9.95. The van der Waals surface area contributed by atoms with Gasteiger partial charge in [0.1, 0.15) is 5.82 Å². The van der Waals surface area contributed by atoms with Gasteiger partial charge < -0.3 is 15.6 Å². The molecule has 2 atom stereocenters. The number of nitrogens with zero attached hydrogens (tertiary/aromatic N) is 1. The molecule has 3 aromatic rings. The second-order valence-corrected chi connectivity index (χ2v) is 9.98. The quantitative estimate of drug-likeness (QED) is 0.325. The summed E-state index contributed by atoms with van der Waals surface area (Å²) in [6.07, 6.45) is 15.8. The number of benzene rings is 2. The summed E-state index contributed by atoms with van der Waals surface area (Å²) >= 11 is 0. The van der Waals surface area contributed by atoms with Gasteiger partial charge in [-0.3, -0.25) is 9.59 Å². The van der Waals surface area contributed by atoms with E-state index in [1.54, 1.807) is 0 Å². The van der Waals surface area contributed by atoms with Crippen molar-refractivity contribution in [3.63, 3.8) is 0 Å². The highest BCUT2D eigenvalue weighted by Gasteiger charge is 2.41. The van der Waals surface area contributed by atoms with Crippen molar-refractivity contribution in [1.82, 2.24) is 15.3 Å². The molecule has 2 aromatic carbocycles. The minimum absolute atomic E-state index is 0.0215. The Bertz CT molecular complexity index is 1280. The molecule has 0 saturated heterocycles. The summed E-state index contributed by atoms with van der Waals surface area (Å²) in [7, 11) is 0. The van der Waals surface area contributed by atoms with Crippen LogP contribution < -0.4 is 10.6 Å². The van der Waals surface area contributed by atoms with E-state index < -0.39 is 0 Å². The molecule has 2 aliphatic rings. The number of carbonyl (C=O) groups is 2. The van der Waals surface area contributed by atoms with E-state index >= 15 is 0 Å². The zero-order chi connectivity index (χ0) is 24.9. The molecule has 0 spiro atoms. The van der Waals surface area contributed by atoms with Gasteiger partial charge in [-0.2, -0.15) is 0 Å². The van der Waals surface area contributed by atoms with Crippen LogP contribution in [0.4, 0.5) is 5.69 Å². The average Bonchev–Trinajstić information content (AvgIpc) is 3.55. The number of allylic oxidation sites excluding steroid dienone is 4. The third-order valence-electron chi connectivity index (χ3n) is 7.25. The third-order valence-corrected chi connectivity index (χ3v) is 7.25. The SMILES string of the molecule is C/C=C\C=C/CC1CC1C(=O)Nc1ccc(-c2nc3ccc(C(=O)NC4CCCCC4)cc3[nH]2)cc1. The number of anilines is 1. The van der Waals surface area contributed by atoms with Gasteiger partial charge >= 0.3 is 0 Å². The summed E-state index contributed by atoms with van der Waals surface area (Å²) in [5, 5.41) is 6.22. The van der Waals surface area contributed by atoms with Crippen LogP contribution in [0.2, 0.25) is 0 Å². The monoisotopic (exact) mass is 482 g/mol. The van der Waals surface area contributed by atoms with E-state index in [9.17, 15) is 9.59 Å². The minimum Gasteiger partial charge on any atom is -0.349 e. The first-order valence-corrected chi connectivity index (χ1v) is 13.1.